The molecule has 1 saturated heterocycles. The lowest BCUT2D eigenvalue weighted by molar-refractivity contribution is -0.135. The first kappa shape index (κ1) is 13.2. The van der Waals surface area contributed by atoms with Crippen LogP contribution in [0.1, 0.15) is 15.9 Å². The summed E-state index contributed by atoms with van der Waals surface area (Å²) in [5.41, 5.74) is 1.18. The van der Waals surface area contributed by atoms with Crippen LogP contribution >= 0.6 is 0 Å². The number of nitrogens with zero attached hydrogens (tertiary/aromatic N) is 1. The number of piperazine rings is 1. The topological polar surface area (TPSA) is 75.7 Å². The first-order valence-corrected chi connectivity index (χ1v) is 5.80. The van der Waals surface area contributed by atoms with E-state index in [9.17, 15) is 14.4 Å². The van der Waals surface area contributed by atoms with Crippen LogP contribution in [0, 0.1) is 0 Å². The smallest absolute Gasteiger partial charge is 0.255 e. The van der Waals surface area contributed by atoms with Gasteiger partial charge in [-0.3, -0.25) is 19.7 Å². The Balaban J connectivity index is 2.24. The summed E-state index contributed by atoms with van der Waals surface area (Å²) >= 11 is 0. The van der Waals surface area contributed by atoms with Crippen LogP contribution in [0.2, 0.25) is 0 Å². The third-order valence-electron chi connectivity index (χ3n) is 2.78. The van der Waals surface area contributed by atoms with Crippen LogP contribution in [-0.2, 0) is 20.9 Å². The summed E-state index contributed by atoms with van der Waals surface area (Å²) in [6, 6.07) is 6.98. The van der Waals surface area contributed by atoms with Crippen molar-refractivity contribution in [1.82, 2.24) is 10.2 Å². The molecule has 0 radical (unpaired) electrons. The highest BCUT2D eigenvalue weighted by Crippen LogP contribution is 2.13. The third-order valence-corrected chi connectivity index (χ3v) is 2.78. The summed E-state index contributed by atoms with van der Waals surface area (Å²) in [5, 5.41) is 2.16. The Kier molecular flexibility index (Phi) is 3.91. The molecule has 1 aromatic rings. The standard InChI is InChI=1S/C13H14N2O4/c1-19-8-9-4-2-3-5-10(9)13(18)15-6-11(16)14-12(17)7-15/h2-5H,6-8H2,1H3,(H,14,16,17). The number of carbonyl (C=O) groups is 3. The van der Waals surface area contributed by atoms with Gasteiger partial charge in [0.2, 0.25) is 11.8 Å². The molecule has 6 heteroatoms. The fourth-order valence-electron chi connectivity index (χ4n) is 1.96. The summed E-state index contributed by atoms with van der Waals surface area (Å²) in [5.74, 6) is -1.27. The van der Waals surface area contributed by atoms with Gasteiger partial charge in [0.15, 0.2) is 0 Å². The number of hydrogen-bond donors (Lipinski definition) is 1. The van der Waals surface area contributed by atoms with E-state index >= 15 is 0 Å². The van der Waals surface area contributed by atoms with Crippen molar-refractivity contribution >= 4 is 17.7 Å². The van der Waals surface area contributed by atoms with Crippen LogP contribution in [0.15, 0.2) is 24.3 Å². The van der Waals surface area contributed by atoms with Gasteiger partial charge in [-0.1, -0.05) is 18.2 Å². The molecule has 1 heterocycles. The molecule has 1 aromatic carbocycles. The van der Waals surface area contributed by atoms with Gasteiger partial charge >= 0.3 is 0 Å². The zero-order chi connectivity index (χ0) is 13.8. The SMILES string of the molecule is COCc1ccccc1C(=O)N1CC(=O)NC(=O)C1. The summed E-state index contributed by atoms with van der Waals surface area (Å²) in [4.78, 5) is 36.1. The maximum Gasteiger partial charge on any atom is 0.255 e. The number of rotatable bonds is 3. The molecule has 3 amide bonds. The van der Waals surface area contributed by atoms with Gasteiger partial charge in [0.05, 0.1) is 6.61 Å². The molecule has 0 aliphatic carbocycles. The number of ether oxygens (including phenoxy) is 1. The molecule has 1 aliphatic rings. The van der Waals surface area contributed by atoms with E-state index in [4.69, 9.17) is 4.74 Å². The Bertz CT molecular complexity index is 511. The first-order valence-electron chi connectivity index (χ1n) is 5.80. The molecule has 1 fully saturated rings. The second-order valence-electron chi connectivity index (χ2n) is 4.22. The van der Waals surface area contributed by atoms with Gasteiger partial charge in [0.1, 0.15) is 13.1 Å². The molecular weight excluding hydrogens is 248 g/mol. The molecular formula is C13H14N2O4. The summed E-state index contributed by atoms with van der Waals surface area (Å²) < 4.78 is 5.03. The van der Waals surface area contributed by atoms with Crippen LogP contribution in [0.25, 0.3) is 0 Å². The van der Waals surface area contributed by atoms with Crippen molar-refractivity contribution in [2.24, 2.45) is 0 Å². The number of carbonyl (C=O) groups excluding carboxylic acids is 3. The summed E-state index contributed by atoms with van der Waals surface area (Å²) in [6.45, 7) is 0.0909. The van der Waals surface area contributed by atoms with E-state index in [0.29, 0.717) is 12.2 Å². The van der Waals surface area contributed by atoms with E-state index in [1.807, 2.05) is 0 Å². The molecule has 0 aromatic heterocycles. The molecule has 0 atom stereocenters. The molecule has 0 bridgehead atoms. The third kappa shape index (κ3) is 2.97. The van der Waals surface area contributed by atoms with Gasteiger partial charge in [-0.15, -0.1) is 0 Å². The zero-order valence-electron chi connectivity index (χ0n) is 10.5. The molecule has 0 spiro atoms. The van der Waals surface area contributed by atoms with Crippen molar-refractivity contribution in [3.63, 3.8) is 0 Å². The van der Waals surface area contributed by atoms with Gasteiger partial charge in [0, 0.05) is 12.7 Å². The fraction of sp³-hybridized carbons (Fsp3) is 0.308. The lowest BCUT2D eigenvalue weighted by atomic mass is 10.1. The normalized spacial score (nSPS) is 15.3. The lowest BCUT2D eigenvalue weighted by Crippen LogP contribution is -2.53. The van der Waals surface area contributed by atoms with Crippen molar-refractivity contribution in [2.75, 3.05) is 20.2 Å². The van der Waals surface area contributed by atoms with E-state index in [1.54, 1.807) is 31.4 Å². The second-order valence-corrected chi connectivity index (χ2v) is 4.22. The molecule has 100 valence electrons. The first-order chi connectivity index (χ1) is 9.11. The van der Waals surface area contributed by atoms with Crippen LogP contribution in [-0.4, -0.2) is 42.8 Å². The fourth-order valence-corrected chi connectivity index (χ4v) is 1.96. The summed E-state index contributed by atoms with van der Waals surface area (Å²) in [7, 11) is 1.54. The van der Waals surface area contributed by atoms with Crippen LogP contribution in [0.3, 0.4) is 0 Å². The van der Waals surface area contributed by atoms with Crippen molar-refractivity contribution in [3.05, 3.63) is 35.4 Å². The van der Waals surface area contributed by atoms with Crippen molar-refractivity contribution in [3.8, 4) is 0 Å². The maximum absolute atomic E-state index is 12.3. The molecule has 2 rings (SSSR count). The van der Waals surface area contributed by atoms with E-state index in [2.05, 4.69) is 5.32 Å². The Labute approximate surface area is 110 Å². The van der Waals surface area contributed by atoms with E-state index < -0.39 is 11.8 Å². The van der Waals surface area contributed by atoms with Crippen LogP contribution in [0.5, 0.6) is 0 Å². The van der Waals surface area contributed by atoms with E-state index in [-0.39, 0.29) is 19.0 Å². The average molecular weight is 262 g/mol. The van der Waals surface area contributed by atoms with Crippen LogP contribution in [0.4, 0.5) is 0 Å². The number of amides is 3. The largest absolute Gasteiger partial charge is 0.380 e. The van der Waals surface area contributed by atoms with Crippen molar-refractivity contribution < 1.29 is 19.1 Å². The Morgan fingerprint density at radius 1 is 1.26 bits per heavy atom. The molecule has 0 saturated carbocycles. The minimum atomic E-state index is -0.464. The molecule has 1 aliphatic heterocycles. The van der Waals surface area contributed by atoms with E-state index in [0.717, 1.165) is 5.56 Å². The van der Waals surface area contributed by atoms with Gasteiger partial charge < -0.3 is 9.64 Å². The number of nitrogens with one attached hydrogen (secondary N) is 1. The van der Waals surface area contributed by atoms with Gasteiger partial charge in [-0.2, -0.15) is 0 Å². The summed E-state index contributed by atoms with van der Waals surface area (Å²) in [6.07, 6.45) is 0. The highest BCUT2D eigenvalue weighted by molar-refractivity contribution is 6.06. The highest BCUT2D eigenvalue weighted by Gasteiger charge is 2.27. The quantitative estimate of drug-likeness (QED) is 0.774. The second kappa shape index (κ2) is 5.62. The molecule has 1 N–H and O–H groups in total. The highest BCUT2D eigenvalue weighted by atomic mass is 16.5. The van der Waals surface area contributed by atoms with Gasteiger partial charge in [-0.05, 0) is 11.6 Å². The van der Waals surface area contributed by atoms with Gasteiger partial charge in [-0.25, -0.2) is 0 Å². The number of benzene rings is 1. The molecule has 19 heavy (non-hydrogen) atoms. The maximum atomic E-state index is 12.3. The van der Waals surface area contributed by atoms with E-state index in [1.165, 1.54) is 4.90 Å². The number of imide groups is 1. The van der Waals surface area contributed by atoms with Crippen LogP contribution < -0.4 is 5.32 Å². The van der Waals surface area contributed by atoms with Gasteiger partial charge in [0.25, 0.3) is 5.91 Å². The Hall–Kier alpha value is -2.21. The predicted molar refractivity (Wildman–Crippen MR) is 66.2 cm³/mol. The monoisotopic (exact) mass is 262 g/mol. The average Bonchev–Trinajstić information content (AvgIpc) is 2.38. The van der Waals surface area contributed by atoms with Crippen molar-refractivity contribution in [1.29, 1.82) is 0 Å². The van der Waals surface area contributed by atoms with Crippen molar-refractivity contribution in [2.45, 2.75) is 6.61 Å². The molecule has 0 unspecified atom stereocenters. The lowest BCUT2D eigenvalue weighted by Gasteiger charge is -2.26. The zero-order valence-corrected chi connectivity index (χ0v) is 10.5. The number of methoxy groups -OCH3 is 1. The minimum absolute atomic E-state index is 0.105. The Morgan fingerprint density at radius 2 is 1.89 bits per heavy atom. The number of hydrogen-bond acceptors (Lipinski definition) is 4. The minimum Gasteiger partial charge on any atom is -0.380 e. The predicted octanol–water partition coefficient (Wildman–Crippen LogP) is -0.0684. The molecule has 6 nitrogen and oxygen atoms in total. The Morgan fingerprint density at radius 3 is 2.53 bits per heavy atom.